The molecule has 1 aliphatic heterocycles. The van der Waals surface area contributed by atoms with Crippen LogP contribution in [0.25, 0.3) is 16.9 Å². The Kier molecular flexibility index (Phi) is 5.19. The average molecular weight is 461 g/mol. The summed E-state index contributed by atoms with van der Waals surface area (Å²) in [6.07, 6.45) is 0.612. The first-order valence-corrected chi connectivity index (χ1v) is 11.2. The van der Waals surface area contributed by atoms with Crippen LogP contribution in [0.3, 0.4) is 0 Å². The number of rotatable bonds is 4. The number of primary amides is 1. The predicted octanol–water partition coefficient (Wildman–Crippen LogP) is 3.52. The Balaban J connectivity index is 1.53. The quantitative estimate of drug-likeness (QED) is 0.504. The molecule has 1 unspecified atom stereocenters. The second-order valence-electron chi connectivity index (χ2n) is 8.57. The van der Waals surface area contributed by atoms with E-state index in [0.717, 1.165) is 24.0 Å². The van der Waals surface area contributed by atoms with Crippen molar-refractivity contribution in [3.05, 3.63) is 76.6 Å². The lowest BCUT2D eigenvalue weighted by atomic mass is 10.1. The second-order valence-corrected chi connectivity index (χ2v) is 8.57. The van der Waals surface area contributed by atoms with Gasteiger partial charge < -0.3 is 15.2 Å². The van der Waals surface area contributed by atoms with Gasteiger partial charge in [0, 0.05) is 47.4 Å². The van der Waals surface area contributed by atoms with E-state index in [-0.39, 0.29) is 23.1 Å². The molecule has 0 radical (unpaired) electrons. The van der Waals surface area contributed by atoms with Crippen molar-refractivity contribution in [2.75, 3.05) is 6.54 Å². The molecule has 34 heavy (non-hydrogen) atoms. The number of hydrogen-bond donors (Lipinski definition) is 1. The number of carbonyl (C=O) groups excluding carboxylic acids is 2. The van der Waals surface area contributed by atoms with Crippen molar-refractivity contribution >= 4 is 17.5 Å². The Morgan fingerprint density at radius 2 is 1.94 bits per heavy atom. The SMILES string of the molecule is CCc1cc(C(=O)N2CCn3c(C)ccc3C2C)nc2cc(-c3ccc(C(N)=O)cc3F)nn12. The molecule has 0 saturated heterocycles. The van der Waals surface area contributed by atoms with Crippen LogP contribution < -0.4 is 5.73 Å². The summed E-state index contributed by atoms with van der Waals surface area (Å²) in [5.74, 6) is -1.45. The van der Waals surface area contributed by atoms with Gasteiger partial charge in [0.15, 0.2) is 5.65 Å². The molecule has 4 aromatic rings. The van der Waals surface area contributed by atoms with Crippen molar-refractivity contribution in [2.45, 2.75) is 39.8 Å². The van der Waals surface area contributed by atoms with Crippen molar-refractivity contribution in [3.8, 4) is 11.3 Å². The Morgan fingerprint density at radius 3 is 2.65 bits per heavy atom. The highest BCUT2D eigenvalue weighted by molar-refractivity contribution is 5.94. The van der Waals surface area contributed by atoms with Crippen LogP contribution in [0.5, 0.6) is 0 Å². The molecule has 0 spiro atoms. The van der Waals surface area contributed by atoms with Crippen LogP contribution in [0.2, 0.25) is 0 Å². The minimum absolute atomic E-state index is 0.0728. The van der Waals surface area contributed by atoms with Gasteiger partial charge in [0.1, 0.15) is 11.5 Å². The average Bonchev–Trinajstić information content (AvgIpc) is 3.42. The smallest absolute Gasteiger partial charge is 0.273 e. The van der Waals surface area contributed by atoms with E-state index in [9.17, 15) is 14.0 Å². The number of aryl methyl sites for hydroxylation is 2. The molecule has 0 aliphatic carbocycles. The maximum atomic E-state index is 14.7. The molecular formula is C25H25FN6O2. The van der Waals surface area contributed by atoms with Crippen LogP contribution in [-0.4, -0.2) is 42.4 Å². The summed E-state index contributed by atoms with van der Waals surface area (Å²) in [5, 5.41) is 4.52. The van der Waals surface area contributed by atoms with E-state index in [4.69, 9.17) is 5.73 Å². The van der Waals surface area contributed by atoms with Crippen LogP contribution in [0.1, 0.15) is 57.8 Å². The van der Waals surface area contributed by atoms with Gasteiger partial charge in [-0.2, -0.15) is 5.10 Å². The van der Waals surface area contributed by atoms with Gasteiger partial charge in [-0.1, -0.05) is 6.92 Å². The van der Waals surface area contributed by atoms with Crippen molar-refractivity contribution in [2.24, 2.45) is 5.73 Å². The summed E-state index contributed by atoms with van der Waals surface area (Å²) in [5.41, 5.74) is 9.79. The van der Waals surface area contributed by atoms with E-state index in [1.54, 1.807) is 16.6 Å². The standard InChI is InChI=1S/C25H25FN6O2/c1-4-17-12-21(25(34)31-10-9-30-14(2)5-8-22(30)15(31)3)28-23-13-20(29-32(17)23)18-7-6-16(24(27)33)11-19(18)26/h5-8,11-13,15H,4,9-10H2,1-3H3,(H2,27,33). The number of hydrogen-bond acceptors (Lipinski definition) is 4. The van der Waals surface area contributed by atoms with Gasteiger partial charge in [0.25, 0.3) is 5.91 Å². The first kappa shape index (κ1) is 21.8. The van der Waals surface area contributed by atoms with Crippen molar-refractivity contribution in [1.82, 2.24) is 24.1 Å². The number of aromatic nitrogens is 4. The van der Waals surface area contributed by atoms with E-state index in [1.807, 2.05) is 18.7 Å². The van der Waals surface area contributed by atoms with Gasteiger partial charge in [-0.05, 0) is 56.7 Å². The minimum Gasteiger partial charge on any atom is -0.366 e. The number of carbonyl (C=O) groups is 2. The highest BCUT2D eigenvalue weighted by Crippen LogP contribution is 2.29. The summed E-state index contributed by atoms with van der Waals surface area (Å²) in [6, 6.07) is 11.5. The summed E-state index contributed by atoms with van der Waals surface area (Å²) in [6.45, 7) is 7.39. The van der Waals surface area contributed by atoms with Crippen LogP contribution >= 0.6 is 0 Å². The van der Waals surface area contributed by atoms with Crippen LogP contribution in [0, 0.1) is 12.7 Å². The van der Waals surface area contributed by atoms with E-state index < -0.39 is 11.7 Å². The molecule has 1 aliphatic rings. The third kappa shape index (κ3) is 3.44. The van der Waals surface area contributed by atoms with Gasteiger partial charge in [-0.25, -0.2) is 13.9 Å². The lowest BCUT2D eigenvalue weighted by Gasteiger charge is -2.35. The molecule has 4 heterocycles. The molecule has 2 N–H and O–H groups in total. The molecule has 0 bridgehead atoms. The van der Waals surface area contributed by atoms with E-state index >= 15 is 0 Å². The van der Waals surface area contributed by atoms with Crippen LogP contribution in [0.4, 0.5) is 4.39 Å². The predicted molar refractivity (Wildman–Crippen MR) is 125 cm³/mol. The fourth-order valence-corrected chi connectivity index (χ4v) is 4.65. The third-order valence-corrected chi connectivity index (χ3v) is 6.57. The van der Waals surface area contributed by atoms with E-state index in [1.165, 1.54) is 17.8 Å². The summed E-state index contributed by atoms with van der Waals surface area (Å²) in [4.78, 5) is 31.3. The lowest BCUT2D eigenvalue weighted by Crippen LogP contribution is -2.41. The topological polar surface area (TPSA) is 98.5 Å². The number of nitrogens with zero attached hydrogens (tertiary/aromatic N) is 5. The van der Waals surface area contributed by atoms with Gasteiger partial charge in [0.05, 0.1) is 11.7 Å². The Hall–Kier alpha value is -4.01. The van der Waals surface area contributed by atoms with Crippen molar-refractivity contribution < 1.29 is 14.0 Å². The highest BCUT2D eigenvalue weighted by atomic mass is 19.1. The number of nitrogens with two attached hydrogens (primary N) is 1. The minimum atomic E-state index is -0.701. The molecule has 0 saturated carbocycles. The molecular weight excluding hydrogens is 435 g/mol. The van der Waals surface area contributed by atoms with Crippen molar-refractivity contribution in [1.29, 1.82) is 0 Å². The van der Waals surface area contributed by atoms with Gasteiger partial charge in [-0.15, -0.1) is 0 Å². The summed E-state index contributed by atoms with van der Waals surface area (Å²) < 4.78 is 18.5. The van der Waals surface area contributed by atoms with Gasteiger partial charge in [0.2, 0.25) is 5.91 Å². The van der Waals surface area contributed by atoms with Gasteiger partial charge in [-0.3, -0.25) is 9.59 Å². The molecule has 174 valence electrons. The lowest BCUT2D eigenvalue weighted by molar-refractivity contribution is 0.0636. The number of amides is 2. The third-order valence-electron chi connectivity index (χ3n) is 6.57. The summed E-state index contributed by atoms with van der Waals surface area (Å²) >= 11 is 0. The Labute approximate surface area is 195 Å². The highest BCUT2D eigenvalue weighted by Gasteiger charge is 2.30. The molecule has 9 heteroatoms. The van der Waals surface area contributed by atoms with E-state index in [2.05, 4.69) is 33.7 Å². The van der Waals surface area contributed by atoms with E-state index in [0.29, 0.717) is 30.0 Å². The number of benzene rings is 1. The fourth-order valence-electron chi connectivity index (χ4n) is 4.65. The Morgan fingerprint density at radius 1 is 1.15 bits per heavy atom. The molecule has 3 aromatic heterocycles. The fraction of sp³-hybridized carbons (Fsp3) is 0.280. The zero-order chi connectivity index (χ0) is 24.1. The maximum absolute atomic E-state index is 14.7. The molecule has 5 rings (SSSR count). The molecule has 1 aromatic carbocycles. The zero-order valence-electron chi connectivity index (χ0n) is 19.2. The normalized spacial score (nSPS) is 15.5. The summed E-state index contributed by atoms with van der Waals surface area (Å²) in [7, 11) is 0. The van der Waals surface area contributed by atoms with Gasteiger partial charge >= 0.3 is 0 Å². The number of halogens is 1. The molecule has 2 amide bonds. The second kappa shape index (κ2) is 8.09. The largest absolute Gasteiger partial charge is 0.366 e. The van der Waals surface area contributed by atoms with Crippen LogP contribution in [0.15, 0.2) is 42.5 Å². The molecule has 1 atom stereocenters. The van der Waals surface area contributed by atoms with Crippen LogP contribution in [-0.2, 0) is 13.0 Å². The first-order valence-electron chi connectivity index (χ1n) is 11.2. The number of fused-ring (bicyclic) bond motifs is 2. The zero-order valence-corrected chi connectivity index (χ0v) is 19.2. The first-order chi connectivity index (χ1) is 16.3. The van der Waals surface area contributed by atoms with Crippen molar-refractivity contribution in [3.63, 3.8) is 0 Å². The molecule has 0 fully saturated rings. The Bertz CT molecular complexity index is 1450. The monoisotopic (exact) mass is 460 g/mol. The maximum Gasteiger partial charge on any atom is 0.273 e. The molecule has 8 nitrogen and oxygen atoms in total.